The Morgan fingerprint density at radius 1 is 1.21 bits per heavy atom. The summed E-state index contributed by atoms with van der Waals surface area (Å²) in [6.07, 6.45) is 0.00608. The van der Waals surface area contributed by atoms with Crippen molar-refractivity contribution in [3.63, 3.8) is 0 Å². The Labute approximate surface area is 171 Å². The smallest absolute Gasteiger partial charge is 0.244 e. The lowest BCUT2D eigenvalue weighted by Crippen LogP contribution is -2.39. The molecular formula is C16H19ClN4O5S2. The van der Waals surface area contributed by atoms with Gasteiger partial charge in [-0.3, -0.25) is 14.9 Å². The number of nitrogens with zero attached hydrogens (tertiary/aromatic N) is 2. The molecule has 0 aliphatic carbocycles. The lowest BCUT2D eigenvalue weighted by Gasteiger charge is -2.14. The van der Waals surface area contributed by atoms with E-state index in [9.17, 15) is 18.0 Å². The summed E-state index contributed by atoms with van der Waals surface area (Å²) >= 11 is 6.84. The van der Waals surface area contributed by atoms with Crippen LogP contribution in [0.25, 0.3) is 0 Å². The quantitative estimate of drug-likeness (QED) is 0.603. The van der Waals surface area contributed by atoms with Crippen LogP contribution in [0, 0.1) is 0 Å². The topological polar surface area (TPSA) is 127 Å². The maximum atomic E-state index is 12.6. The van der Waals surface area contributed by atoms with E-state index in [2.05, 4.69) is 20.8 Å². The molecule has 1 heterocycles. The number of aromatic nitrogens is 2. The molecule has 0 bridgehead atoms. The maximum absolute atomic E-state index is 12.6. The van der Waals surface area contributed by atoms with E-state index in [0.717, 1.165) is 11.3 Å². The van der Waals surface area contributed by atoms with E-state index >= 15 is 0 Å². The maximum Gasteiger partial charge on any atom is 0.244 e. The Morgan fingerprint density at radius 2 is 1.89 bits per heavy atom. The van der Waals surface area contributed by atoms with Gasteiger partial charge in [0.25, 0.3) is 0 Å². The van der Waals surface area contributed by atoms with Crippen molar-refractivity contribution in [2.24, 2.45) is 0 Å². The Balaban J connectivity index is 2.02. The summed E-state index contributed by atoms with van der Waals surface area (Å²) in [5.74, 6) is -2.33. The second-order valence-corrected chi connectivity index (χ2v) is 9.36. The molecule has 0 aliphatic heterocycles. The van der Waals surface area contributed by atoms with Gasteiger partial charge in [-0.05, 0) is 30.7 Å². The summed E-state index contributed by atoms with van der Waals surface area (Å²) in [5.41, 5.74) is 0.404. The molecule has 2 aromatic rings. The number of anilines is 2. The van der Waals surface area contributed by atoms with E-state index in [1.807, 2.05) is 0 Å². The first-order chi connectivity index (χ1) is 13.2. The van der Waals surface area contributed by atoms with Gasteiger partial charge in [0.05, 0.1) is 0 Å². The normalized spacial score (nSPS) is 12.4. The highest BCUT2D eigenvalue weighted by molar-refractivity contribution is 7.93. The van der Waals surface area contributed by atoms with E-state index in [1.165, 1.54) is 7.11 Å². The van der Waals surface area contributed by atoms with Crippen molar-refractivity contribution < 1.29 is 22.7 Å². The van der Waals surface area contributed by atoms with Gasteiger partial charge in [-0.15, -0.1) is 10.2 Å². The molecule has 1 unspecified atom stereocenters. The van der Waals surface area contributed by atoms with E-state index in [4.69, 9.17) is 16.3 Å². The van der Waals surface area contributed by atoms with Gasteiger partial charge in [-0.2, -0.15) is 0 Å². The number of methoxy groups -OCH3 is 1. The van der Waals surface area contributed by atoms with Crippen LogP contribution >= 0.6 is 22.9 Å². The molecule has 0 radical (unpaired) electrons. The van der Waals surface area contributed by atoms with Crippen LogP contribution in [0.1, 0.15) is 18.4 Å². The van der Waals surface area contributed by atoms with Gasteiger partial charge in [0, 0.05) is 17.8 Å². The fourth-order valence-corrected chi connectivity index (χ4v) is 4.66. The minimum Gasteiger partial charge on any atom is -0.377 e. The van der Waals surface area contributed by atoms with Crippen LogP contribution in [-0.2, 0) is 30.8 Å². The predicted octanol–water partition coefficient (Wildman–Crippen LogP) is 2.11. The Morgan fingerprint density at radius 3 is 2.50 bits per heavy atom. The van der Waals surface area contributed by atoms with Crippen molar-refractivity contribution in [1.82, 2.24) is 10.2 Å². The number of nitrogens with one attached hydrogen (secondary N) is 2. The van der Waals surface area contributed by atoms with Gasteiger partial charge in [0.2, 0.25) is 16.9 Å². The molecule has 2 rings (SSSR count). The van der Waals surface area contributed by atoms with Crippen molar-refractivity contribution in [3.8, 4) is 0 Å². The van der Waals surface area contributed by atoms with E-state index in [-0.39, 0.29) is 18.2 Å². The molecule has 1 atom stereocenters. The fraction of sp³-hybridized carbons (Fsp3) is 0.375. The highest BCUT2D eigenvalue weighted by atomic mass is 35.5. The van der Waals surface area contributed by atoms with E-state index < -0.39 is 32.7 Å². The third kappa shape index (κ3) is 6.23. The van der Waals surface area contributed by atoms with Crippen LogP contribution in [0.2, 0.25) is 5.02 Å². The molecule has 0 fully saturated rings. The van der Waals surface area contributed by atoms with Crippen LogP contribution < -0.4 is 10.6 Å². The van der Waals surface area contributed by atoms with Crippen molar-refractivity contribution in [2.75, 3.05) is 23.5 Å². The zero-order valence-corrected chi connectivity index (χ0v) is 17.5. The number of sulfone groups is 1. The first-order valence-electron chi connectivity index (χ1n) is 8.14. The monoisotopic (exact) mass is 446 g/mol. The predicted molar refractivity (Wildman–Crippen MR) is 107 cm³/mol. The molecule has 0 saturated heterocycles. The van der Waals surface area contributed by atoms with Crippen molar-refractivity contribution in [3.05, 3.63) is 34.3 Å². The zero-order valence-electron chi connectivity index (χ0n) is 15.1. The molecule has 2 N–H and O–H groups in total. The Bertz CT molecular complexity index is 931. The van der Waals surface area contributed by atoms with Crippen LogP contribution in [-0.4, -0.2) is 48.5 Å². The number of hydrogen-bond acceptors (Lipinski definition) is 8. The van der Waals surface area contributed by atoms with Gasteiger partial charge < -0.3 is 10.1 Å². The lowest BCUT2D eigenvalue weighted by atomic mass is 10.3. The molecule has 1 aromatic carbocycles. The minimum absolute atomic E-state index is 0.00608. The molecular weight excluding hydrogens is 428 g/mol. The lowest BCUT2D eigenvalue weighted by molar-refractivity contribution is -0.115. The fourth-order valence-electron chi connectivity index (χ4n) is 2.29. The Hall–Kier alpha value is -2.08. The summed E-state index contributed by atoms with van der Waals surface area (Å²) in [5, 5.41) is 12.3. The molecule has 28 heavy (non-hydrogen) atoms. The molecule has 0 spiro atoms. The largest absolute Gasteiger partial charge is 0.377 e. The van der Waals surface area contributed by atoms with Gasteiger partial charge in [0.1, 0.15) is 22.6 Å². The van der Waals surface area contributed by atoms with Gasteiger partial charge in [-0.1, -0.05) is 29.9 Å². The molecule has 2 amide bonds. The number of rotatable bonds is 9. The molecule has 152 valence electrons. The van der Waals surface area contributed by atoms with Crippen molar-refractivity contribution >= 4 is 55.4 Å². The standard InChI is InChI=1S/C16H19ClN4O5S2/c1-3-12(15(23)19-16-21-20-14(27-16)8-26-2)28(24,25)9-13(22)18-11-6-4-10(17)5-7-11/h4-7,12H,3,8-9H2,1-2H3,(H,18,22)(H,19,21,23). The van der Waals surface area contributed by atoms with Gasteiger partial charge >= 0.3 is 0 Å². The van der Waals surface area contributed by atoms with Crippen LogP contribution in [0.4, 0.5) is 10.8 Å². The minimum atomic E-state index is -4.04. The summed E-state index contributed by atoms with van der Waals surface area (Å²) in [6, 6.07) is 6.22. The number of carbonyl (C=O) groups is 2. The first kappa shape index (κ1) is 22.2. The van der Waals surface area contributed by atoms with E-state index in [0.29, 0.717) is 15.7 Å². The average molecular weight is 447 g/mol. The number of benzene rings is 1. The van der Waals surface area contributed by atoms with Crippen LogP contribution in [0.15, 0.2) is 24.3 Å². The summed E-state index contributed by atoms with van der Waals surface area (Å²) in [4.78, 5) is 24.5. The third-order valence-corrected chi connectivity index (χ3v) is 6.66. The summed E-state index contributed by atoms with van der Waals surface area (Å²) in [7, 11) is -2.55. The SMILES string of the molecule is CCC(C(=O)Nc1nnc(COC)s1)S(=O)(=O)CC(=O)Nc1ccc(Cl)cc1. The highest BCUT2D eigenvalue weighted by Gasteiger charge is 2.33. The molecule has 9 nitrogen and oxygen atoms in total. The zero-order chi connectivity index (χ0) is 20.7. The molecule has 0 saturated carbocycles. The number of amides is 2. The van der Waals surface area contributed by atoms with Crippen molar-refractivity contribution in [2.45, 2.75) is 25.2 Å². The average Bonchev–Trinajstić information content (AvgIpc) is 3.04. The molecule has 1 aromatic heterocycles. The number of hydrogen-bond donors (Lipinski definition) is 2. The number of halogens is 1. The molecule has 0 aliphatic rings. The number of carbonyl (C=O) groups excluding carboxylic acids is 2. The third-order valence-electron chi connectivity index (χ3n) is 3.52. The van der Waals surface area contributed by atoms with Gasteiger partial charge in [0.15, 0.2) is 9.84 Å². The van der Waals surface area contributed by atoms with Crippen molar-refractivity contribution in [1.29, 1.82) is 0 Å². The summed E-state index contributed by atoms with van der Waals surface area (Å²) in [6.45, 7) is 1.78. The summed E-state index contributed by atoms with van der Waals surface area (Å²) < 4.78 is 30.0. The second kappa shape index (κ2) is 9.92. The first-order valence-corrected chi connectivity index (χ1v) is 11.0. The Kier molecular flexibility index (Phi) is 7.87. The van der Waals surface area contributed by atoms with Crippen LogP contribution in [0.3, 0.4) is 0 Å². The number of ether oxygens (including phenoxy) is 1. The second-order valence-electron chi connectivity index (χ2n) is 5.68. The highest BCUT2D eigenvalue weighted by Crippen LogP contribution is 2.18. The van der Waals surface area contributed by atoms with Crippen LogP contribution in [0.5, 0.6) is 0 Å². The van der Waals surface area contributed by atoms with E-state index in [1.54, 1.807) is 31.2 Å². The molecule has 12 heteroatoms. The van der Waals surface area contributed by atoms with Gasteiger partial charge in [-0.25, -0.2) is 8.42 Å².